The molecule has 0 saturated carbocycles. The fraction of sp³-hybridized carbons (Fsp3) is 0.400. The third kappa shape index (κ3) is 3.36. The van der Waals surface area contributed by atoms with E-state index in [-0.39, 0.29) is 12.3 Å². The Balaban J connectivity index is 3.37. The molecule has 3 heteroatoms. The lowest BCUT2D eigenvalue weighted by Gasteiger charge is -1.87. The van der Waals surface area contributed by atoms with Crippen molar-refractivity contribution in [1.82, 2.24) is 5.32 Å². The summed E-state index contributed by atoms with van der Waals surface area (Å²) in [5.74, 6) is 0. The van der Waals surface area contributed by atoms with Crippen molar-refractivity contribution < 1.29 is 5.11 Å². The Morgan fingerprint density at radius 3 is 2.88 bits per heavy atom. The lowest BCUT2D eigenvalue weighted by molar-refractivity contribution is 0.357. The molecule has 0 fully saturated rings. The SMILES string of the molecule is CN/C=C\C(=N)CO. The third-order valence-corrected chi connectivity index (χ3v) is 0.622. The van der Waals surface area contributed by atoms with Crippen molar-refractivity contribution in [2.24, 2.45) is 0 Å². The molecule has 0 atom stereocenters. The third-order valence-electron chi connectivity index (χ3n) is 0.622. The zero-order chi connectivity index (χ0) is 6.41. The quantitative estimate of drug-likeness (QED) is 0.442. The van der Waals surface area contributed by atoms with Crippen molar-refractivity contribution in [2.75, 3.05) is 13.7 Å². The standard InChI is InChI=1S/C5H10N2O/c1-7-3-2-5(6)4-8/h2-3,6-8H,4H2,1H3/b3-2-,6-5?. The van der Waals surface area contributed by atoms with E-state index < -0.39 is 0 Å². The molecule has 0 bridgehead atoms. The van der Waals surface area contributed by atoms with Crippen molar-refractivity contribution in [3.05, 3.63) is 12.3 Å². The van der Waals surface area contributed by atoms with Crippen LogP contribution in [0.15, 0.2) is 12.3 Å². The Labute approximate surface area is 48.5 Å². The van der Waals surface area contributed by atoms with Gasteiger partial charge >= 0.3 is 0 Å². The minimum absolute atomic E-state index is 0.196. The summed E-state index contributed by atoms with van der Waals surface area (Å²) >= 11 is 0. The predicted octanol–water partition coefficient (Wildman–Crippen LogP) is -0.268. The fourth-order valence-electron chi connectivity index (χ4n) is 0.237. The molecule has 0 amide bonds. The first-order valence-electron chi connectivity index (χ1n) is 2.33. The number of nitrogens with one attached hydrogen (secondary N) is 2. The maximum atomic E-state index is 8.26. The largest absolute Gasteiger partial charge is 0.394 e. The van der Waals surface area contributed by atoms with Gasteiger partial charge in [0.15, 0.2) is 0 Å². The van der Waals surface area contributed by atoms with E-state index in [4.69, 9.17) is 10.5 Å². The molecule has 0 saturated heterocycles. The molecule has 0 spiro atoms. The highest BCUT2D eigenvalue weighted by Crippen LogP contribution is 1.70. The smallest absolute Gasteiger partial charge is 0.0846 e. The summed E-state index contributed by atoms with van der Waals surface area (Å²) < 4.78 is 0. The van der Waals surface area contributed by atoms with Crippen LogP contribution in [0.25, 0.3) is 0 Å². The molecule has 0 aromatic rings. The molecule has 0 aromatic heterocycles. The van der Waals surface area contributed by atoms with Gasteiger partial charge in [0.05, 0.1) is 12.3 Å². The van der Waals surface area contributed by atoms with Gasteiger partial charge in [0, 0.05) is 7.05 Å². The molecular formula is C5H10N2O. The second-order valence-electron chi connectivity index (χ2n) is 1.31. The van der Waals surface area contributed by atoms with Crippen LogP contribution >= 0.6 is 0 Å². The van der Waals surface area contributed by atoms with E-state index >= 15 is 0 Å². The normalized spacial score (nSPS) is 9.75. The Morgan fingerprint density at radius 1 is 1.88 bits per heavy atom. The van der Waals surface area contributed by atoms with E-state index in [2.05, 4.69) is 5.32 Å². The maximum absolute atomic E-state index is 8.26. The number of hydrogen-bond donors (Lipinski definition) is 3. The molecule has 0 aliphatic carbocycles. The first-order valence-corrected chi connectivity index (χ1v) is 2.33. The van der Waals surface area contributed by atoms with Crippen LogP contribution in [0.2, 0.25) is 0 Å². The highest BCUT2D eigenvalue weighted by Gasteiger charge is 1.80. The molecule has 0 radical (unpaired) electrons. The number of aliphatic hydroxyl groups is 1. The van der Waals surface area contributed by atoms with E-state index in [1.807, 2.05) is 0 Å². The minimum Gasteiger partial charge on any atom is -0.394 e. The fourth-order valence-corrected chi connectivity index (χ4v) is 0.237. The molecule has 0 aliphatic rings. The van der Waals surface area contributed by atoms with E-state index in [0.29, 0.717) is 0 Å². The van der Waals surface area contributed by atoms with Crippen molar-refractivity contribution >= 4 is 5.71 Å². The Morgan fingerprint density at radius 2 is 2.50 bits per heavy atom. The number of hydrogen-bond acceptors (Lipinski definition) is 3. The molecule has 8 heavy (non-hydrogen) atoms. The van der Waals surface area contributed by atoms with Gasteiger partial charge in [-0.3, -0.25) is 0 Å². The summed E-state index contributed by atoms with van der Waals surface area (Å²) in [6.07, 6.45) is 3.10. The van der Waals surface area contributed by atoms with Crippen LogP contribution in [0, 0.1) is 5.41 Å². The lowest BCUT2D eigenvalue weighted by Crippen LogP contribution is -2.00. The molecule has 0 unspecified atom stereocenters. The molecule has 0 rings (SSSR count). The molecule has 0 aliphatic heterocycles. The molecule has 0 heterocycles. The first-order chi connectivity index (χ1) is 3.81. The molecule has 3 N–H and O–H groups in total. The lowest BCUT2D eigenvalue weighted by atomic mass is 10.4. The van der Waals surface area contributed by atoms with Gasteiger partial charge in [-0.1, -0.05) is 0 Å². The number of aliphatic hydroxyl groups excluding tert-OH is 1. The van der Waals surface area contributed by atoms with Crippen LogP contribution in [0.4, 0.5) is 0 Å². The summed E-state index contributed by atoms with van der Waals surface area (Å²) in [7, 11) is 1.74. The van der Waals surface area contributed by atoms with Crippen LogP contribution in [0.1, 0.15) is 0 Å². The second-order valence-corrected chi connectivity index (χ2v) is 1.31. The second kappa shape index (κ2) is 4.33. The van der Waals surface area contributed by atoms with Gasteiger partial charge in [0.1, 0.15) is 0 Å². The summed E-state index contributed by atoms with van der Waals surface area (Å²) in [4.78, 5) is 0. The van der Waals surface area contributed by atoms with Gasteiger partial charge < -0.3 is 15.8 Å². The topological polar surface area (TPSA) is 56.1 Å². The van der Waals surface area contributed by atoms with Crippen LogP contribution in [-0.2, 0) is 0 Å². The summed E-state index contributed by atoms with van der Waals surface area (Å²) in [6.45, 7) is -0.196. The van der Waals surface area contributed by atoms with E-state index in [1.165, 1.54) is 6.08 Å². The zero-order valence-electron chi connectivity index (χ0n) is 4.81. The van der Waals surface area contributed by atoms with E-state index in [1.54, 1.807) is 13.2 Å². The van der Waals surface area contributed by atoms with Crippen LogP contribution in [0.5, 0.6) is 0 Å². The zero-order valence-corrected chi connectivity index (χ0v) is 4.81. The van der Waals surface area contributed by atoms with E-state index in [0.717, 1.165) is 0 Å². The summed E-state index contributed by atoms with van der Waals surface area (Å²) in [6, 6.07) is 0. The highest BCUT2D eigenvalue weighted by molar-refractivity contribution is 5.92. The van der Waals surface area contributed by atoms with Crippen molar-refractivity contribution in [1.29, 1.82) is 5.41 Å². The maximum Gasteiger partial charge on any atom is 0.0846 e. The molecule has 3 nitrogen and oxygen atoms in total. The van der Waals surface area contributed by atoms with Gasteiger partial charge in [-0.25, -0.2) is 0 Å². The Bertz CT molecular complexity index is 98.6. The Hall–Kier alpha value is -0.830. The minimum atomic E-state index is -0.196. The van der Waals surface area contributed by atoms with Gasteiger partial charge in [-0.05, 0) is 12.3 Å². The number of rotatable bonds is 3. The van der Waals surface area contributed by atoms with Gasteiger partial charge in [0.2, 0.25) is 0 Å². The van der Waals surface area contributed by atoms with Crippen LogP contribution in [-0.4, -0.2) is 24.5 Å². The van der Waals surface area contributed by atoms with Crippen molar-refractivity contribution in [3.63, 3.8) is 0 Å². The Kier molecular flexibility index (Phi) is 3.88. The molecule has 0 aromatic carbocycles. The predicted molar refractivity (Wildman–Crippen MR) is 33.0 cm³/mol. The average molecular weight is 114 g/mol. The van der Waals surface area contributed by atoms with Crippen LogP contribution < -0.4 is 5.32 Å². The molecule has 46 valence electrons. The van der Waals surface area contributed by atoms with Gasteiger partial charge in [-0.2, -0.15) is 0 Å². The van der Waals surface area contributed by atoms with Gasteiger partial charge in [-0.15, -0.1) is 0 Å². The highest BCUT2D eigenvalue weighted by atomic mass is 16.3. The van der Waals surface area contributed by atoms with Gasteiger partial charge in [0.25, 0.3) is 0 Å². The summed E-state index contributed by atoms with van der Waals surface area (Å²) in [5, 5.41) is 17.8. The van der Waals surface area contributed by atoms with E-state index in [9.17, 15) is 0 Å². The van der Waals surface area contributed by atoms with Crippen LogP contribution in [0.3, 0.4) is 0 Å². The summed E-state index contributed by atoms with van der Waals surface area (Å²) in [5.41, 5.74) is 0.208. The average Bonchev–Trinajstić information content (AvgIpc) is 1.83. The van der Waals surface area contributed by atoms with Crippen molar-refractivity contribution in [3.8, 4) is 0 Å². The first kappa shape index (κ1) is 7.17. The van der Waals surface area contributed by atoms with Crippen molar-refractivity contribution in [2.45, 2.75) is 0 Å². The monoisotopic (exact) mass is 114 g/mol. The molecular weight excluding hydrogens is 104 g/mol.